The van der Waals surface area contributed by atoms with E-state index >= 15 is 0 Å². The van der Waals surface area contributed by atoms with Crippen LogP contribution in [0.2, 0.25) is 0 Å². The maximum absolute atomic E-state index is 2.47. The number of fused-ring (bicyclic) bond motifs is 1. The molecule has 0 radical (unpaired) electrons. The van der Waals surface area contributed by atoms with Crippen LogP contribution in [0.5, 0.6) is 0 Å². The zero-order valence-corrected chi connectivity index (χ0v) is 14.1. The number of rotatable bonds is 0. The van der Waals surface area contributed by atoms with Gasteiger partial charge in [0, 0.05) is 0 Å². The van der Waals surface area contributed by atoms with Gasteiger partial charge >= 0.3 is 0 Å². The van der Waals surface area contributed by atoms with E-state index in [-0.39, 0.29) is 5.41 Å². The summed E-state index contributed by atoms with van der Waals surface area (Å²) < 4.78 is 0. The number of hydrogen-bond donors (Lipinski definition) is 0. The highest BCUT2D eigenvalue weighted by atomic mass is 14.5. The number of hydrogen-bond acceptors (Lipinski definition) is 0. The lowest BCUT2D eigenvalue weighted by atomic mass is 9.57. The molecule has 0 aromatic heterocycles. The van der Waals surface area contributed by atoms with Crippen molar-refractivity contribution in [3.63, 3.8) is 0 Å². The molecule has 0 saturated carbocycles. The molecule has 0 nitrogen and oxygen atoms in total. The van der Waals surface area contributed by atoms with Gasteiger partial charge in [-0.15, -0.1) is 0 Å². The third kappa shape index (κ3) is 2.47. The van der Waals surface area contributed by atoms with Gasteiger partial charge in [0.25, 0.3) is 0 Å². The second-order valence-corrected chi connectivity index (χ2v) is 8.80. The Hall–Kier alpha value is -0.780. The van der Waals surface area contributed by atoms with E-state index < -0.39 is 0 Å². The van der Waals surface area contributed by atoms with Crippen LogP contribution in [0.15, 0.2) is 12.1 Å². The van der Waals surface area contributed by atoms with Crippen molar-refractivity contribution in [2.24, 2.45) is 10.8 Å². The lowest BCUT2D eigenvalue weighted by molar-refractivity contribution is 0.0962. The molecule has 1 aliphatic rings. The van der Waals surface area contributed by atoms with Gasteiger partial charge < -0.3 is 0 Å². The van der Waals surface area contributed by atoms with E-state index in [1.807, 2.05) is 0 Å². The van der Waals surface area contributed by atoms with Crippen molar-refractivity contribution in [1.82, 2.24) is 0 Å². The van der Waals surface area contributed by atoms with Crippen LogP contribution in [-0.4, -0.2) is 0 Å². The third-order valence-electron chi connectivity index (χ3n) is 5.51. The fourth-order valence-electron chi connectivity index (χ4n) is 3.13. The standard InChI is InChI=1S/C19H30/c1-13-9-15(17(2,3)4)10-14-11-18(5,6)19(7,8)12-16(13)14/h9-10H,11-12H2,1-8H3. The smallest absolute Gasteiger partial charge is 0.0132 e. The second-order valence-electron chi connectivity index (χ2n) is 8.80. The van der Waals surface area contributed by atoms with Crippen molar-refractivity contribution in [2.45, 2.75) is 73.6 Å². The summed E-state index contributed by atoms with van der Waals surface area (Å²) in [6.07, 6.45) is 2.42. The first-order chi connectivity index (χ1) is 8.44. The van der Waals surface area contributed by atoms with Crippen LogP contribution in [0.25, 0.3) is 0 Å². The molecular formula is C19H30. The first kappa shape index (κ1) is 14.6. The van der Waals surface area contributed by atoms with Crippen LogP contribution in [0, 0.1) is 17.8 Å². The molecule has 0 atom stereocenters. The van der Waals surface area contributed by atoms with Crippen LogP contribution in [0.1, 0.15) is 70.7 Å². The highest BCUT2D eigenvalue weighted by Crippen LogP contribution is 2.49. The minimum atomic E-state index is 0.247. The fraction of sp³-hybridized carbons (Fsp3) is 0.684. The largest absolute Gasteiger partial charge is 0.0591 e. The van der Waals surface area contributed by atoms with Gasteiger partial charge in [0.05, 0.1) is 0 Å². The van der Waals surface area contributed by atoms with Gasteiger partial charge in [-0.2, -0.15) is 0 Å². The Morgan fingerprint density at radius 2 is 1.42 bits per heavy atom. The highest BCUT2D eigenvalue weighted by molar-refractivity contribution is 5.44. The topological polar surface area (TPSA) is 0 Å². The molecule has 0 heteroatoms. The first-order valence-corrected chi connectivity index (χ1v) is 7.57. The van der Waals surface area contributed by atoms with Gasteiger partial charge in [0.2, 0.25) is 0 Å². The molecule has 0 bridgehead atoms. The monoisotopic (exact) mass is 258 g/mol. The van der Waals surface area contributed by atoms with E-state index in [0.29, 0.717) is 10.8 Å². The van der Waals surface area contributed by atoms with Crippen LogP contribution in [0.4, 0.5) is 0 Å². The van der Waals surface area contributed by atoms with Gasteiger partial charge in [-0.05, 0) is 58.3 Å². The van der Waals surface area contributed by atoms with Crippen LogP contribution < -0.4 is 0 Å². The summed E-state index contributed by atoms with van der Waals surface area (Å²) in [6, 6.07) is 4.88. The molecule has 1 aromatic carbocycles. The minimum absolute atomic E-state index is 0.247. The number of aryl methyl sites for hydroxylation is 1. The van der Waals surface area contributed by atoms with Gasteiger partial charge in [0.15, 0.2) is 0 Å². The van der Waals surface area contributed by atoms with Crippen molar-refractivity contribution in [1.29, 1.82) is 0 Å². The Labute approximate surface area is 119 Å². The van der Waals surface area contributed by atoms with Gasteiger partial charge in [-0.3, -0.25) is 0 Å². The summed E-state index contributed by atoms with van der Waals surface area (Å²) in [7, 11) is 0. The fourth-order valence-corrected chi connectivity index (χ4v) is 3.13. The summed E-state index contributed by atoms with van der Waals surface area (Å²) in [5.74, 6) is 0. The molecular weight excluding hydrogens is 228 g/mol. The maximum atomic E-state index is 2.47. The Morgan fingerprint density at radius 1 is 0.895 bits per heavy atom. The van der Waals surface area contributed by atoms with Crippen molar-refractivity contribution < 1.29 is 0 Å². The molecule has 19 heavy (non-hydrogen) atoms. The molecule has 0 spiro atoms. The summed E-state index contributed by atoms with van der Waals surface area (Å²) in [5.41, 5.74) is 7.19. The third-order valence-corrected chi connectivity index (χ3v) is 5.51. The molecule has 0 unspecified atom stereocenters. The van der Waals surface area contributed by atoms with E-state index in [1.165, 1.54) is 24.0 Å². The second kappa shape index (κ2) is 4.11. The van der Waals surface area contributed by atoms with E-state index in [0.717, 1.165) is 0 Å². The first-order valence-electron chi connectivity index (χ1n) is 7.57. The average Bonchev–Trinajstić information content (AvgIpc) is 2.19. The van der Waals surface area contributed by atoms with Crippen molar-refractivity contribution in [2.75, 3.05) is 0 Å². The van der Waals surface area contributed by atoms with Gasteiger partial charge in [-0.1, -0.05) is 60.6 Å². The minimum Gasteiger partial charge on any atom is -0.0591 e. The molecule has 1 aromatic rings. The molecule has 106 valence electrons. The quantitative estimate of drug-likeness (QED) is 0.581. The number of benzene rings is 1. The molecule has 1 aliphatic carbocycles. The average molecular weight is 258 g/mol. The predicted molar refractivity (Wildman–Crippen MR) is 84.8 cm³/mol. The maximum Gasteiger partial charge on any atom is -0.0132 e. The SMILES string of the molecule is Cc1cc(C(C)(C)C)cc2c1CC(C)(C)C(C)(C)C2. The molecule has 0 saturated heterocycles. The highest BCUT2D eigenvalue weighted by Gasteiger charge is 2.41. The zero-order chi connectivity index (χ0) is 14.6. The molecule has 0 aliphatic heterocycles. The van der Waals surface area contributed by atoms with Crippen LogP contribution in [-0.2, 0) is 18.3 Å². The molecule has 0 amide bonds. The molecule has 0 fully saturated rings. The Kier molecular flexibility index (Phi) is 3.16. The van der Waals surface area contributed by atoms with Gasteiger partial charge in [-0.25, -0.2) is 0 Å². The van der Waals surface area contributed by atoms with E-state index in [4.69, 9.17) is 0 Å². The van der Waals surface area contributed by atoms with E-state index in [9.17, 15) is 0 Å². The predicted octanol–water partition coefficient (Wildman–Crippen LogP) is 5.44. The van der Waals surface area contributed by atoms with Gasteiger partial charge in [0.1, 0.15) is 0 Å². The van der Waals surface area contributed by atoms with Crippen LogP contribution in [0.3, 0.4) is 0 Å². The lowest BCUT2D eigenvalue weighted by Crippen LogP contribution is -2.40. The Balaban J connectivity index is 2.56. The normalized spacial score (nSPS) is 21.1. The van der Waals surface area contributed by atoms with E-state index in [1.54, 1.807) is 11.1 Å². The summed E-state index contributed by atoms with van der Waals surface area (Å²) >= 11 is 0. The summed E-state index contributed by atoms with van der Waals surface area (Å²) in [4.78, 5) is 0. The lowest BCUT2D eigenvalue weighted by Gasteiger charge is -2.47. The zero-order valence-electron chi connectivity index (χ0n) is 14.1. The van der Waals surface area contributed by atoms with E-state index in [2.05, 4.69) is 67.5 Å². The molecule has 0 N–H and O–H groups in total. The molecule has 2 rings (SSSR count). The Morgan fingerprint density at radius 3 is 1.95 bits per heavy atom. The van der Waals surface area contributed by atoms with Crippen LogP contribution >= 0.6 is 0 Å². The summed E-state index contributed by atoms with van der Waals surface area (Å²) in [6.45, 7) is 18.9. The van der Waals surface area contributed by atoms with Crippen molar-refractivity contribution in [3.8, 4) is 0 Å². The van der Waals surface area contributed by atoms with Crippen molar-refractivity contribution in [3.05, 3.63) is 34.4 Å². The molecule has 0 heterocycles. The van der Waals surface area contributed by atoms with Crippen molar-refractivity contribution >= 4 is 0 Å². The summed E-state index contributed by atoms with van der Waals surface area (Å²) in [5, 5.41) is 0. The Bertz CT molecular complexity index is 496.